The van der Waals surface area contributed by atoms with Gasteiger partial charge in [-0.3, -0.25) is 9.59 Å². The van der Waals surface area contributed by atoms with Crippen molar-refractivity contribution in [3.8, 4) is 11.1 Å². The highest BCUT2D eigenvalue weighted by atomic mass is 32.1. The van der Waals surface area contributed by atoms with Gasteiger partial charge < -0.3 is 10.2 Å². The molecule has 2 heterocycles. The van der Waals surface area contributed by atoms with Crippen LogP contribution in [0.25, 0.3) is 11.1 Å². The minimum atomic E-state index is -4.41. The van der Waals surface area contributed by atoms with Crippen molar-refractivity contribution >= 4 is 23.2 Å². The Balaban J connectivity index is 1.18. The maximum Gasteiger partial charge on any atom is 0.416 e. The lowest BCUT2D eigenvalue weighted by molar-refractivity contribution is -0.137. The Hall–Kier alpha value is -3.98. The number of halogens is 3. The van der Waals surface area contributed by atoms with Crippen LogP contribution in [0.15, 0.2) is 84.2 Å². The maximum atomic E-state index is 13.4. The quantitative estimate of drug-likeness (QED) is 0.268. The van der Waals surface area contributed by atoms with Gasteiger partial charge in [-0.25, -0.2) is 4.98 Å². The van der Waals surface area contributed by atoms with Gasteiger partial charge in [0.1, 0.15) is 5.69 Å². The Kier molecular flexibility index (Phi) is 8.30. The first-order valence-electron chi connectivity index (χ1n) is 13.1. The van der Waals surface area contributed by atoms with Crippen LogP contribution in [-0.4, -0.2) is 41.3 Å². The molecular formula is C31H28F3N3O2S. The molecule has 0 unspecified atom stereocenters. The van der Waals surface area contributed by atoms with Gasteiger partial charge in [-0.2, -0.15) is 13.2 Å². The Morgan fingerprint density at radius 2 is 1.60 bits per heavy atom. The summed E-state index contributed by atoms with van der Waals surface area (Å²) in [5.74, 6) is -0.178. The number of alkyl halides is 3. The number of benzene rings is 3. The van der Waals surface area contributed by atoms with Crippen molar-refractivity contribution in [2.45, 2.75) is 31.4 Å². The third-order valence-electron chi connectivity index (χ3n) is 7.11. The van der Waals surface area contributed by atoms with Crippen LogP contribution in [0.3, 0.4) is 0 Å². The number of hydrogen-bond donors (Lipinski definition) is 1. The number of nitrogens with zero attached hydrogens (tertiary/aromatic N) is 2. The smallest absolute Gasteiger partial charge is 0.350 e. The third-order valence-corrected chi connectivity index (χ3v) is 8.12. The van der Waals surface area contributed by atoms with Gasteiger partial charge >= 0.3 is 6.18 Å². The van der Waals surface area contributed by atoms with E-state index in [1.54, 1.807) is 34.5 Å². The third kappa shape index (κ3) is 6.42. The second-order valence-electron chi connectivity index (χ2n) is 9.75. The number of carbonyl (C=O) groups is 2. The van der Waals surface area contributed by atoms with Crippen LogP contribution >= 0.6 is 11.3 Å². The number of carbonyl (C=O) groups excluding carboxylic acids is 2. The highest BCUT2D eigenvalue weighted by Crippen LogP contribution is 2.34. The Morgan fingerprint density at radius 1 is 0.925 bits per heavy atom. The molecule has 1 aliphatic rings. The van der Waals surface area contributed by atoms with Gasteiger partial charge in [0.05, 0.1) is 10.6 Å². The first kappa shape index (κ1) is 27.6. The lowest BCUT2D eigenvalue weighted by Crippen LogP contribution is -2.38. The molecule has 1 aromatic heterocycles. The summed E-state index contributed by atoms with van der Waals surface area (Å²) in [7, 11) is 0. The summed E-state index contributed by atoms with van der Waals surface area (Å²) in [6.45, 7) is 1.59. The van der Waals surface area contributed by atoms with Crippen LogP contribution in [0, 0.1) is 0 Å². The van der Waals surface area contributed by atoms with Crippen molar-refractivity contribution < 1.29 is 22.8 Å². The molecule has 9 heteroatoms. The predicted octanol–water partition coefficient (Wildman–Crippen LogP) is 6.82. The van der Waals surface area contributed by atoms with Gasteiger partial charge in [0.2, 0.25) is 0 Å². The van der Waals surface area contributed by atoms with Crippen LogP contribution < -0.4 is 5.32 Å². The normalized spacial score (nSPS) is 14.2. The van der Waals surface area contributed by atoms with Crippen molar-refractivity contribution in [2.24, 2.45) is 0 Å². The van der Waals surface area contributed by atoms with Gasteiger partial charge in [0.15, 0.2) is 0 Å². The first-order valence-corrected chi connectivity index (χ1v) is 14.0. The van der Waals surface area contributed by atoms with Crippen LogP contribution in [0.2, 0.25) is 0 Å². The first-order chi connectivity index (χ1) is 19.3. The molecule has 5 rings (SSSR count). The molecule has 0 atom stereocenters. The van der Waals surface area contributed by atoms with E-state index in [2.05, 4.69) is 10.3 Å². The predicted molar refractivity (Wildman–Crippen MR) is 149 cm³/mol. The fourth-order valence-corrected chi connectivity index (χ4v) is 5.87. The van der Waals surface area contributed by atoms with Crippen LogP contribution in [0.4, 0.5) is 13.2 Å². The van der Waals surface area contributed by atoms with Gasteiger partial charge in [0, 0.05) is 36.5 Å². The summed E-state index contributed by atoms with van der Waals surface area (Å²) in [6, 6.07) is 21.8. The fourth-order valence-electron chi connectivity index (χ4n) is 4.89. The summed E-state index contributed by atoms with van der Waals surface area (Å²) in [5.41, 5.74) is 2.47. The Bertz CT molecular complexity index is 1460. The number of likely N-dealkylation sites (tertiary alicyclic amines) is 1. The van der Waals surface area contributed by atoms with E-state index in [9.17, 15) is 22.8 Å². The van der Waals surface area contributed by atoms with Crippen molar-refractivity contribution in [2.75, 3.05) is 19.6 Å². The number of piperidine rings is 1. The lowest BCUT2D eigenvalue weighted by atomic mass is 9.94. The molecule has 2 amide bonds. The molecular weight excluding hydrogens is 535 g/mol. The van der Waals surface area contributed by atoms with Gasteiger partial charge in [-0.05, 0) is 54.2 Å². The fraction of sp³-hybridized carbons (Fsp3) is 0.258. The van der Waals surface area contributed by atoms with E-state index in [4.69, 9.17) is 0 Å². The molecule has 1 saturated heterocycles. The highest BCUT2D eigenvalue weighted by Gasteiger charge is 2.31. The molecule has 0 bridgehead atoms. The molecule has 40 heavy (non-hydrogen) atoms. The Labute approximate surface area is 234 Å². The summed E-state index contributed by atoms with van der Waals surface area (Å²) in [5, 5.41) is 5.61. The van der Waals surface area contributed by atoms with E-state index in [0.29, 0.717) is 42.0 Å². The zero-order valence-corrected chi connectivity index (χ0v) is 22.5. The molecule has 1 N–H and O–H groups in total. The van der Waals surface area contributed by atoms with E-state index < -0.39 is 11.7 Å². The zero-order valence-electron chi connectivity index (χ0n) is 21.7. The molecule has 206 valence electrons. The molecule has 1 aliphatic heterocycles. The second-order valence-corrected chi connectivity index (χ2v) is 10.6. The van der Waals surface area contributed by atoms with E-state index in [0.717, 1.165) is 42.0 Å². The average Bonchev–Trinajstić information content (AvgIpc) is 3.48. The van der Waals surface area contributed by atoms with Gasteiger partial charge in [0.25, 0.3) is 11.8 Å². The maximum absolute atomic E-state index is 13.4. The van der Waals surface area contributed by atoms with E-state index in [1.165, 1.54) is 23.5 Å². The highest BCUT2D eigenvalue weighted by molar-refractivity contribution is 7.09. The number of aromatic nitrogens is 1. The molecule has 0 spiro atoms. The summed E-state index contributed by atoms with van der Waals surface area (Å²) in [4.78, 5) is 32.4. The summed E-state index contributed by atoms with van der Waals surface area (Å²) in [6.07, 6.45) is -2.23. The number of amides is 2. The van der Waals surface area contributed by atoms with Crippen molar-refractivity contribution in [1.29, 1.82) is 0 Å². The molecule has 0 aliphatic carbocycles. The minimum absolute atomic E-state index is 0.147. The number of nitrogens with one attached hydrogen (secondary N) is 1. The van der Waals surface area contributed by atoms with Crippen molar-refractivity contribution in [3.05, 3.63) is 112 Å². The van der Waals surface area contributed by atoms with Crippen LogP contribution in [0.1, 0.15) is 55.7 Å². The van der Waals surface area contributed by atoms with Crippen molar-refractivity contribution in [3.63, 3.8) is 0 Å². The Morgan fingerprint density at radius 3 is 2.30 bits per heavy atom. The monoisotopic (exact) mass is 563 g/mol. The molecule has 1 fully saturated rings. The number of rotatable bonds is 7. The summed E-state index contributed by atoms with van der Waals surface area (Å²) >= 11 is 1.47. The number of thiazole rings is 1. The van der Waals surface area contributed by atoms with E-state index in [-0.39, 0.29) is 17.7 Å². The van der Waals surface area contributed by atoms with Crippen LogP contribution in [-0.2, 0) is 12.6 Å². The average molecular weight is 564 g/mol. The second kappa shape index (κ2) is 12.0. The lowest BCUT2D eigenvalue weighted by Gasteiger charge is -2.31. The molecule has 4 aromatic rings. The van der Waals surface area contributed by atoms with E-state index in [1.807, 2.05) is 30.3 Å². The van der Waals surface area contributed by atoms with Crippen LogP contribution in [0.5, 0.6) is 0 Å². The molecule has 5 nitrogen and oxygen atoms in total. The zero-order chi connectivity index (χ0) is 28.1. The number of hydrogen-bond acceptors (Lipinski definition) is 4. The standard InChI is InChI=1S/C31H28F3N3O2S/c32-31(33,34)24-12-10-22(11-13-24)25-8-4-5-9-26(25)30(39)37-18-15-23(16-19-37)29-36-27(20-40-29)28(38)35-17-14-21-6-2-1-3-7-21/h1-13,20,23H,14-19H2,(H,35,38). The molecule has 0 saturated carbocycles. The SMILES string of the molecule is O=C(NCCc1ccccc1)c1csc(C2CCN(C(=O)c3ccccc3-c3ccc(C(F)(F)F)cc3)CC2)n1. The largest absolute Gasteiger partial charge is 0.416 e. The summed E-state index contributed by atoms with van der Waals surface area (Å²) < 4.78 is 39.0. The van der Waals surface area contributed by atoms with E-state index >= 15 is 0 Å². The van der Waals surface area contributed by atoms with Gasteiger partial charge in [-0.1, -0.05) is 60.7 Å². The topological polar surface area (TPSA) is 62.3 Å². The minimum Gasteiger partial charge on any atom is -0.350 e. The van der Waals surface area contributed by atoms with Gasteiger partial charge in [-0.15, -0.1) is 11.3 Å². The molecule has 0 radical (unpaired) electrons. The van der Waals surface area contributed by atoms with Crippen molar-refractivity contribution in [1.82, 2.24) is 15.2 Å². The molecule has 3 aromatic carbocycles.